The van der Waals surface area contributed by atoms with Gasteiger partial charge in [0.2, 0.25) is 0 Å². The van der Waals surface area contributed by atoms with E-state index in [1.807, 2.05) is 0 Å². The van der Waals surface area contributed by atoms with Crippen molar-refractivity contribution in [2.45, 2.75) is 39.3 Å². The average Bonchev–Trinajstić information content (AvgIpc) is 2.84. The lowest BCUT2D eigenvalue weighted by Gasteiger charge is -2.35. The Labute approximate surface area is 202 Å². The molecule has 0 aliphatic carbocycles. The van der Waals surface area contributed by atoms with Crippen molar-refractivity contribution < 1.29 is 19.1 Å². The van der Waals surface area contributed by atoms with Gasteiger partial charge in [0.25, 0.3) is 11.8 Å². The third-order valence-electron chi connectivity index (χ3n) is 6.24. The highest BCUT2D eigenvalue weighted by molar-refractivity contribution is 6.03. The molecule has 8 heteroatoms. The fraction of sp³-hybridized carbons (Fsp3) is 0.500. The van der Waals surface area contributed by atoms with E-state index in [0.29, 0.717) is 35.8 Å². The number of methoxy groups -OCH3 is 1. The van der Waals surface area contributed by atoms with Crippen molar-refractivity contribution >= 4 is 17.5 Å². The van der Waals surface area contributed by atoms with Crippen LogP contribution in [0.15, 0.2) is 42.6 Å². The van der Waals surface area contributed by atoms with Crippen LogP contribution in [-0.2, 0) is 4.74 Å². The van der Waals surface area contributed by atoms with Gasteiger partial charge in [0, 0.05) is 51.2 Å². The monoisotopic (exact) mass is 468 g/mol. The summed E-state index contributed by atoms with van der Waals surface area (Å²) in [6, 6.07) is 10.4. The highest BCUT2D eigenvalue weighted by Crippen LogP contribution is 2.27. The Hall–Kier alpha value is -2.97. The van der Waals surface area contributed by atoms with Gasteiger partial charge in [0.15, 0.2) is 0 Å². The fourth-order valence-corrected chi connectivity index (χ4v) is 4.22. The molecule has 0 saturated heterocycles. The first kappa shape index (κ1) is 25.6. The van der Waals surface area contributed by atoms with E-state index in [-0.39, 0.29) is 29.9 Å². The van der Waals surface area contributed by atoms with Crippen LogP contribution in [0.2, 0.25) is 0 Å². The van der Waals surface area contributed by atoms with E-state index < -0.39 is 0 Å². The molecule has 0 saturated carbocycles. The number of likely N-dealkylation sites (N-methyl/N-ethyl adjacent to an activating group) is 1. The molecule has 0 unspecified atom stereocenters. The number of ether oxygens (including phenoxy) is 2. The van der Waals surface area contributed by atoms with Gasteiger partial charge in [-0.05, 0) is 50.1 Å². The summed E-state index contributed by atoms with van der Waals surface area (Å²) in [6.45, 7) is 9.17. The van der Waals surface area contributed by atoms with Crippen LogP contribution in [0.5, 0.6) is 5.75 Å². The number of anilines is 1. The summed E-state index contributed by atoms with van der Waals surface area (Å²) in [6.07, 6.45) is 2.53. The summed E-state index contributed by atoms with van der Waals surface area (Å²) in [5, 5.41) is 2.85. The number of hydrogen-bond donors (Lipinski definition) is 1. The molecule has 0 radical (unpaired) electrons. The Morgan fingerprint density at radius 1 is 1.24 bits per heavy atom. The third-order valence-corrected chi connectivity index (χ3v) is 6.24. The summed E-state index contributed by atoms with van der Waals surface area (Å²) in [4.78, 5) is 34.0. The van der Waals surface area contributed by atoms with Crippen molar-refractivity contribution in [2.24, 2.45) is 5.92 Å². The maximum atomic E-state index is 13.3. The summed E-state index contributed by atoms with van der Waals surface area (Å²) >= 11 is 0. The van der Waals surface area contributed by atoms with Crippen molar-refractivity contribution in [3.63, 3.8) is 0 Å². The lowest BCUT2D eigenvalue weighted by atomic mass is 10.0. The van der Waals surface area contributed by atoms with Crippen molar-refractivity contribution in [1.82, 2.24) is 14.8 Å². The Kier molecular flexibility index (Phi) is 9.01. The minimum Gasteiger partial charge on any atom is -0.491 e. The number of rotatable bonds is 5. The van der Waals surface area contributed by atoms with Gasteiger partial charge in [0.1, 0.15) is 18.1 Å². The maximum Gasteiger partial charge on any atom is 0.274 e. The van der Waals surface area contributed by atoms with Crippen molar-refractivity contribution in [3.8, 4) is 5.75 Å². The zero-order valence-corrected chi connectivity index (χ0v) is 20.8. The molecule has 184 valence electrons. The molecule has 0 bridgehead atoms. The SMILES string of the molecule is CCCN1C[C@@H](C)[C@H](OC)CN(C)C(=O)c2ccc(NC(=O)c3ccccn3)cc2OC[C@H]1C. The molecule has 1 aromatic carbocycles. The zero-order chi connectivity index (χ0) is 24.7. The lowest BCUT2D eigenvalue weighted by molar-refractivity contribution is 0.0108. The van der Waals surface area contributed by atoms with Crippen molar-refractivity contribution in [1.29, 1.82) is 0 Å². The molecule has 1 aromatic heterocycles. The molecular formula is C26H36N4O4. The van der Waals surface area contributed by atoms with Crippen LogP contribution < -0.4 is 10.1 Å². The van der Waals surface area contributed by atoms with Crippen LogP contribution in [0.3, 0.4) is 0 Å². The van der Waals surface area contributed by atoms with Gasteiger partial charge >= 0.3 is 0 Å². The number of fused-ring (bicyclic) bond motifs is 1. The lowest BCUT2D eigenvalue weighted by Crippen LogP contribution is -2.46. The Balaban J connectivity index is 1.91. The molecule has 2 heterocycles. The topological polar surface area (TPSA) is 84.0 Å². The Morgan fingerprint density at radius 2 is 2.03 bits per heavy atom. The van der Waals surface area contributed by atoms with Gasteiger partial charge in [-0.3, -0.25) is 19.5 Å². The number of nitrogens with one attached hydrogen (secondary N) is 1. The first-order valence-electron chi connectivity index (χ1n) is 11.9. The van der Waals surface area contributed by atoms with Crippen LogP contribution in [0.4, 0.5) is 5.69 Å². The number of carbonyl (C=O) groups is 2. The third kappa shape index (κ3) is 6.33. The molecule has 1 N–H and O–H groups in total. The first-order valence-corrected chi connectivity index (χ1v) is 11.9. The van der Waals surface area contributed by atoms with Gasteiger partial charge in [-0.25, -0.2) is 0 Å². The van der Waals surface area contributed by atoms with Gasteiger partial charge in [0.05, 0.1) is 11.7 Å². The number of pyridine rings is 1. The molecular weight excluding hydrogens is 432 g/mol. The van der Waals surface area contributed by atoms with Gasteiger partial charge < -0.3 is 19.7 Å². The van der Waals surface area contributed by atoms with Crippen LogP contribution in [0.1, 0.15) is 48.0 Å². The largest absolute Gasteiger partial charge is 0.491 e. The molecule has 0 spiro atoms. The smallest absolute Gasteiger partial charge is 0.274 e. The summed E-state index contributed by atoms with van der Waals surface area (Å²) in [7, 11) is 3.48. The van der Waals surface area contributed by atoms with E-state index in [9.17, 15) is 9.59 Å². The average molecular weight is 469 g/mol. The number of nitrogens with zero attached hydrogens (tertiary/aromatic N) is 3. The summed E-state index contributed by atoms with van der Waals surface area (Å²) in [5.74, 6) is 0.223. The molecule has 0 fully saturated rings. The van der Waals surface area contributed by atoms with Crippen LogP contribution in [-0.4, -0.2) is 79.1 Å². The van der Waals surface area contributed by atoms with Crippen molar-refractivity contribution in [2.75, 3.05) is 45.7 Å². The van der Waals surface area contributed by atoms with E-state index in [1.54, 1.807) is 61.7 Å². The minimum absolute atomic E-state index is 0.0822. The molecule has 1 aliphatic rings. The molecule has 2 aromatic rings. The minimum atomic E-state index is -0.323. The predicted octanol–water partition coefficient (Wildman–Crippen LogP) is 3.55. The number of benzene rings is 1. The maximum absolute atomic E-state index is 13.3. The fourth-order valence-electron chi connectivity index (χ4n) is 4.22. The van der Waals surface area contributed by atoms with Gasteiger partial charge in [-0.1, -0.05) is 19.9 Å². The molecule has 3 atom stereocenters. The van der Waals surface area contributed by atoms with E-state index in [2.05, 4.69) is 36.0 Å². The molecule has 3 rings (SSSR count). The first-order chi connectivity index (χ1) is 16.3. The van der Waals surface area contributed by atoms with Gasteiger partial charge in [-0.2, -0.15) is 0 Å². The molecule has 2 amide bonds. The van der Waals surface area contributed by atoms with Crippen LogP contribution in [0, 0.1) is 5.92 Å². The van der Waals surface area contributed by atoms with E-state index in [1.165, 1.54) is 0 Å². The number of carbonyl (C=O) groups excluding carboxylic acids is 2. The predicted molar refractivity (Wildman–Crippen MR) is 132 cm³/mol. The second kappa shape index (κ2) is 11.9. The molecule has 8 nitrogen and oxygen atoms in total. The number of amides is 2. The summed E-state index contributed by atoms with van der Waals surface area (Å²) in [5.41, 5.74) is 1.31. The summed E-state index contributed by atoms with van der Waals surface area (Å²) < 4.78 is 12.0. The molecule has 1 aliphatic heterocycles. The van der Waals surface area contributed by atoms with Gasteiger partial charge in [-0.15, -0.1) is 0 Å². The van der Waals surface area contributed by atoms with Crippen LogP contribution in [0.25, 0.3) is 0 Å². The highest BCUT2D eigenvalue weighted by atomic mass is 16.5. The second-order valence-corrected chi connectivity index (χ2v) is 8.97. The highest BCUT2D eigenvalue weighted by Gasteiger charge is 2.28. The van der Waals surface area contributed by atoms with Crippen LogP contribution >= 0.6 is 0 Å². The van der Waals surface area contributed by atoms with Crippen molar-refractivity contribution in [3.05, 3.63) is 53.9 Å². The number of hydrogen-bond acceptors (Lipinski definition) is 6. The number of aromatic nitrogens is 1. The normalized spacial score (nSPS) is 22.2. The zero-order valence-electron chi connectivity index (χ0n) is 20.8. The standard InChI is InChI=1S/C26H36N4O4/c1-6-13-30-15-18(2)24(33-5)16-29(4)26(32)21-11-10-20(14-23(21)34-17-19(30)3)28-25(31)22-9-7-8-12-27-22/h7-12,14,18-19,24H,6,13,15-17H2,1-5H3,(H,28,31)/t18-,19-,24-/m1/s1. The molecule has 34 heavy (non-hydrogen) atoms. The quantitative estimate of drug-likeness (QED) is 0.723. The second-order valence-electron chi connectivity index (χ2n) is 8.97. The van der Waals surface area contributed by atoms with E-state index in [4.69, 9.17) is 9.47 Å². The Bertz CT molecular complexity index is 969. The Morgan fingerprint density at radius 3 is 2.71 bits per heavy atom. The van der Waals surface area contributed by atoms with E-state index >= 15 is 0 Å². The van der Waals surface area contributed by atoms with E-state index in [0.717, 1.165) is 19.5 Å².